The molecular formula is C27H25ClF3NO4. The van der Waals surface area contributed by atoms with Crippen molar-refractivity contribution in [2.75, 3.05) is 0 Å². The van der Waals surface area contributed by atoms with E-state index >= 15 is 0 Å². The third-order valence-corrected chi connectivity index (χ3v) is 5.64. The van der Waals surface area contributed by atoms with Crippen molar-refractivity contribution in [3.8, 4) is 5.75 Å². The fourth-order valence-electron chi connectivity index (χ4n) is 3.41. The molecule has 0 saturated heterocycles. The molecule has 5 nitrogen and oxygen atoms in total. The van der Waals surface area contributed by atoms with E-state index in [0.717, 1.165) is 28.8 Å². The van der Waals surface area contributed by atoms with E-state index in [-0.39, 0.29) is 6.61 Å². The van der Waals surface area contributed by atoms with Crippen molar-refractivity contribution >= 4 is 23.3 Å². The quantitative estimate of drug-likeness (QED) is 0.230. The highest BCUT2D eigenvalue weighted by atomic mass is 35.5. The molecule has 190 valence electrons. The van der Waals surface area contributed by atoms with Crippen LogP contribution in [-0.4, -0.2) is 22.9 Å². The summed E-state index contributed by atoms with van der Waals surface area (Å²) in [7, 11) is 0. The normalized spacial score (nSPS) is 12.8. The predicted molar refractivity (Wildman–Crippen MR) is 131 cm³/mol. The standard InChI is InChI=1S/C27H25ClF3NO4/c1-3-24(26(33)34)36-25-13-6-19(14-17(25)2)15-23(20-7-11-22(28)12-8-20)32-35-16-18-4-9-21(10-5-18)27(29,30)31/h4-14,24H,3,15-16H2,1-2H3,(H,33,34). The van der Waals surface area contributed by atoms with Gasteiger partial charge in [0.15, 0.2) is 6.10 Å². The second-order valence-electron chi connectivity index (χ2n) is 8.14. The number of benzene rings is 3. The van der Waals surface area contributed by atoms with Gasteiger partial charge < -0.3 is 14.7 Å². The van der Waals surface area contributed by atoms with Crippen LogP contribution in [0.5, 0.6) is 5.75 Å². The minimum absolute atomic E-state index is 0.00533. The van der Waals surface area contributed by atoms with Crippen LogP contribution in [0.15, 0.2) is 71.9 Å². The van der Waals surface area contributed by atoms with Crippen molar-refractivity contribution in [3.63, 3.8) is 0 Å². The molecule has 0 radical (unpaired) electrons. The number of carbonyl (C=O) groups is 1. The van der Waals surface area contributed by atoms with E-state index in [1.54, 1.807) is 37.3 Å². The summed E-state index contributed by atoms with van der Waals surface area (Å²) in [5.74, 6) is -0.542. The molecule has 0 fully saturated rings. The van der Waals surface area contributed by atoms with Crippen molar-refractivity contribution in [3.05, 3.63) is 99.6 Å². The maximum atomic E-state index is 12.8. The first-order chi connectivity index (χ1) is 17.1. The fraction of sp³-hybridized carbons (Fsp3) is 0.259. The lowest BCUT2D eigenvalue weighted by atomic mass is 10.0. The molecule has 0 saturated carbocycles. The highest BCUT2D eigenvalue weighted by molar-refractivity contribution is 6.30. The van der Waals surface area contributed by atoms with Crippen LogP contribution in [0.2, 0.25) is 5.02 Å². The zero-order valence-electron chi connectivity index (χ0n) is 19.7. The number of aryl methyl sites for hydroxylation is 1. The molecule has 36 heavy (non-hydrogen) atoms. The zero-order chi connectivity index (χ0) is 26.3. The molecule has 0 spiro atoms. The van der Waals surface area contributed by atoms with Crippen molar-refractivity contribution in [1.29, 1.82) is 0 Å². The van der Waals surface area contributed by atoms with Crippen LogP contribution in [0, 0.1) is 6.92 Å². The fourth-order valence-corrected chi connectivity index (χ4v) is 3.54. The van der Waals surface area contributed by atoms with Crippen LogP contribution in [-0.2, 0) is 28.8 Å². The first kappa shape index (κ1) is 27.1. The van der Waals surface area contributed by atoms with Gasteiger partial charge in [0, 0.05) is 11.4 Å². The Bertz CT molecular complexity index is 1210. The number of oxime groups is 1. The summed E-state index contributed by atoms with van der Waals surface area (Å²) < 4.78 is 43.9. The number of carboxylic acid groups (broad SMARTS) is 1. The van der Waals surface area contributed by atoms with Gasteiger partial charge in [-0.2, -0.15) is 13.2 Å². The second kappa shape index (κ2) is 11.9. The topological polar surface area (TPSA) is 68.1 Å². The average Bonchev–Trinajstić information content (AvgIpc) is 2.83. The zero-order valence-corrected chi connectivity index (χ0v) is 20.4. The Kier molecular flexibility index (Phi) is 8.98. The lowest BCUT2D eigenvalue weighted by Gasteiger charge is -2.16. The number of hydrogen-bond donors (Lipinski definition) is 1. The third kappa shape index (κ3) is 7.49. The van der Waals surface area contributed by atoms with Crippen LogP contribution in [0.4, 0.5) is 13.2 Å². The van der Waals surface area contributed by atoms with Gasteiger partial charge in [-0.25, -0.2) is 4.79 Å². The van der Waals surface area contributed by atoms with Gasteiger partial charge in [-0.3, -0.25) is 0 Å². The van der Waals surface area contributed by atoms with Crippen molar-refractivity contribution < 1.29 is 32.6 Å². The molecule has 0 heterocycles. The minimum atomic E-state index is -4.40. The van der Waals surface area contributed by atoms with Gasteiger partial charge in [0.1, 0.15) is 12.4 Å². The first-order valence-electron chi connectivity index (χ1n) is 11.2. The molecule has 0 aromatic heterocycles. The maximum absolute atomic E-state index is 12.8. The average molecular weight is 520 g/mol. The highest BCUT2D eigenvalue weighted by Crippen LogP contribution is 2.29. The van der Waals surface area contributed by atoms with Crippen LogP contribution >= 0.6 is 11.6 Å². The van der Waals surface area contributed by atoms with Gasteiger partial charge in [0.25, 0.3) is 0 Å². The van der Waals surface area contributed by atoms with Crippen LogP contribution in [0.25, 0.3) is 0 Å². The van der Waals surface area contributed by atoms with Crippen molar-refractivity contribution in [2.24, 2.45) is 5.16 Å². The second-order valence-corrected chi connectivity index (χ2v) is 8.58. The molecule has 0 amide bonds. The number of ether oxygens (including phenoxy) is 1. The molecule has 1 N–H and O–H groups in total. The smallest absolute Gasteiger partial charge is 0.416 e. The van der Waals surface area contributed by atoms with Crippen LogP contribution < -0.4 is 4.74 Å². The number of halogens is 4. The Morgan fingerprint density at radius 3 is 2.22 bits per heavy atom. The Morgan fingerprint density at radius 1 is 1.03 bits per heavy atom. The summed E-state index contributed by atoms with van der Waals surface area (Å²) >= 11 is 6.01. The summed E-state index contributed by atoms with van der Waals surface area (Å²) in [6.45, 7) is 3.56. The lowest BCUT2D eigenvalue weighted by Crippen LogP contribution is -2.26. The lowest BCUT2D eigenvalue weighted by molar-refractivity contribution is -0.145. The van der Waals surface area contributed by atoms with Gasteiger partial charge in [0.05, 0.1) is 11.3 Å². The van der Waals surface area contributed by atoms with Gasteiger partial charge >= 0.3 is 12.1 Å². The molecule has 0 bridgehead atoms. The Morgan fingerprint density at radius 2 is 1.67 bits per heavy atom. The van der Waals surface area contributed by atoms with Gasteiger partial charge in [-0.1, -0.05) is 60.1 Å². The molecule has 3 aromatic carbocycles. The van der Waals surface area contributed by atoms with E-state index in [4.69, 9.17) is 21.2 Å². The number of carboxylic acids is 1. The molecule has 1 unspecified atom stereocenters. The van der Waals surface area contributed by atoms with Crippen LogP contribution in [0.3, 0.4) is 0 Å². The number of alkyl halides is 3. The molecule has 0 aliphatic carbocycles. The maximum Gasteiger partial charge on any atom is 0.416 e. The Balaban J connectivity index is 1.78. The number of nitrogens with zero attached hydrogens (tertiary/aromatic N) is 1. The molecule has 1 atom stereocenters. The monoisotopic (exact) mass is 519 g/mol. The van der Waals surface area contributed by atoms with Crippen LogP contribution in [0.1, 0.15) is 41.2 Å². The largest absolute Gasteiger partial charge is 0.479 e. The highest BCUT2D eigenvalue weighted by Gasteiger charge is 2.29. The molecule has 9 heteroatoms. The van der Waals surface area contributed by atoms with Gasteiger partial charge in [0.2, 0.25) is 0 Å². The Labute approximate surface area is 212 Å². The number of aliphatic carboxylic acids is 1. The summed E-state index contributed by atoms with van der Waals surface area (Å²) in [4.78, 5) is 16.8. The van der Waals surface area contributed by atoms with Gasteiger partial charge in [-0.05, 0) is 65.9 Å². The van der Waals surface area contributed by atoms with E-state index in [2.05, 4.69) is 5.16 Å². The number of hydrogen-bond acceptors (Lipinski definition) is 4. The van der Waals surface area contributed by atoms with E-state index < -0.39 is 23.8 Å². The molecule has 3 rings (SSSR count). The predicted octanol–water partition coefficient (Wildman–Crippen LogP) is 7.07. The summed E-state index contributed by atoms with van der Waals surface area (Å²) in [6, 6.07) is 17.2. The first-order valence-corrected chi connectivity index (χ1v) is 11.5. The molecular weight excluding hydrogens is 495 g/mol. The summed E-state index contributed by atoms with van der Waals surface area (Å²) in [5, 5.41) is 14.1. The Hall–Kier alpha value is -3.52. The molecule has 3 aromatic rings. The molecule has 0 aliphatic rings. The van der Waals surface area contributed by atoms with E-state index in [1.807, 2.05) is 19.1 Å². The van der Waals surface area contributed by atoms with Crippen molar-refractivity contribution in [2.45, 2.75) is 45.6 Å². The summed E-state index contributed by atoms with van der Waals surface area (Å²) in [5.41, 5.74) is 2.82. The van der Waals surface area contributed by atoms with E-state index in [1.165, 1.54) is 12.1 Å². The number of rotatable bonds is 10. The summed E-state index contributed by atoms with van der Waals surface area (Å²) in [6.07, 6.45) is -4.62. The van der Waals surface area contributed by atoms with Gasteiger partial charge in [-0.15, -0.1) is 0 Å². The molecule has 0 aliphatic heterocycles. The SMILES string of the molecule is CCC(Oc1ccc(CC(=NOCc2ccc(C(F)(F)F)cc2)c2ccc(Cl)cc2)cc1C)C(=O)O. The minimum Gasteiger partial charge on any atom is -0.479 e. The van der Waals surface area contributed by atoms with E-state index in [0.29, 0.717) is 34.9 Å². The van der Waals surface area contributed by atoms with Crippen molar-refractivity contribution in [1.82, 2.24) is 0 Å². The third-order valence-electron chi connectivity index (χ3n) is 5.39. The van der Waals surface area contributed by atoms with E-state index in [9.17, 15) is 23.1 Å².